The summed E-state index contributed by atoms with van der Waals surface area (Å²) in [6.45, 7) is 3.59. The molecule has 1 N–H and O–H groups in total. The molecule has 0 aromatic heterocycles. The van der Waals surface area contributed by atoms with E-state index in [9.17, 15) is 4.79 Å². The SMILES string of the molecule is CC1NCCOc2ccc(C=O)cc21. The second kappa shape index (κ2) is 3.80. The van der Waals surface area contributed by atoms with Gasteiger partial charge in [-0.1, -0.05) is 0 Å². The first-order valence-corrected chi connectivity index (χ1v) is 4.76. The predicted molar refractivity (Wildman–Crippen MR) is 53.7 cm³/mol. The summed E-state index contributed by atoms with van der Waals surface area (Å²) >= 11 is 0. The summed E-state index contributed by atoms with van der Waals surface area (Å²) in [5.41, 5.74) is 1.76. The van der Waals surface area contributed by atoms with Crippen LogP contribution in [0, 0.1) is 0 Å². The summed E-state index contributed by atoms with van der Waals surface area (Å²) in [5, 5.41) is 3.31. The zero-order chi connectivity index (χ0) is 9.97. The molecule has 0 spiro atoms. The van der Waals surface area contributed by atoms with Crippen molar-refractivity contribution in [2.24, 2.45) is 0 Å². The van der Waals surface area contributed by atoms with Gasteiger partial charge in [0.15, 0.2) is 0 Å². The average Bonchev–Trinajstić information content (AvgIpc) is 2.40. The van der Waals surface area contributed by atoms with E-state index in [0.29, 0.717) is 12.2 Å². The smallest absolute Gasteiger partial charge is 0.150 e. The fraction of sp³-hybridized carbons (Fsp3) is 0.364. The van der Waals surface area contributed by atoms with Crippen LogP contribution in [0.2, 0.25) is 0 Å². The van der Waals surface area contributed by atoms with Gasteiger partial charge in [0, 0.05) is 23.7 Å². The molecule has 0 radical (unpaired) electrons. The highest BCUT2D eigenvalue weighted by molar-refractivity contribution is 5.75. The van der Waals surface area contributed by atoms with Gasteiger partial charge in [-0.3, -0.25) is 4.79 Å². The molecule has 0 saturated carbocycles. The Morgan fingerprint density at radius 3 is 3.21 bits per heavy atom. The van der Waals surface area contributed by atoms with Crippen LogP contribution in [0.5, 0.6) is 5.75 Å². The van der Waals surface area contributed by atoms with Crippen molar-refractivity contribution in [2.45, 2.75) is 13.0 Å². The maximum absolute atomic E-state index is 10.6. The number of fused-ring (bicyclic) bond motifs is 1. The molecule has 1 aliphatic heterocycles. The van der Waals surface area contributed by atoms with Crippen LogP contribution in [0.1, 0.15) is 28.9 Å². The topological polar surface area (TPSA) is 38.3 Å². The molecule has 1 heterocycles. The maximum atomic E-state index is 10.6. The minimum Gasteiger partial charge on any atom is -0.492 e. The molecular weight excluding hydrogens is 178 g/mol. The van der Waals surface area contributed by atoms with E-state index >= 15 is 0 Å². The minimum atomic E-state index is 0.243. The lowest BCUT2D eigenvalue weighted by Crippen LogP contribution is -2.20. The predicted octanol–water partition coefficient (Wildman–Crippen LogP) is 1.54. The van der Waals surface area contributed by atoms with E-state index < -0.39 is 0 Å². The third-order valence-electron chi connectivity index (χ3n) is 2.45. The number of aldehydes is 1. The zero-order valence-electron chi connectivity index (χ0n) is 8.12. The molecule has 0 fully saturated rings. The van der Waals surface area contributed by atoms with Gasteiger partial charge >= 0.3 is 0 Å². The first-order valence-electron chi connectivity index (χ1n) is 4.76. The molecular formula is C11H13NO2. The van der Waals surface area contributed by atoms with Crippen LogP contribution in [0.25, 0.3) is 0 Å². The van der Waals surface area contributed by atoms with Gasteiger partial charge in [0.25, 0.3) is 0 Å². The van der Waals surface area contributed by atoms with E-state index in [0.717, 1.165) is 24.1 Å². The van der Waals surface area contributed by atoms with Crippen molar-refractivity contribution in [2.75, 3.05) is 13.2 Å². The molecule has 1 aromatic carbocycles. The lowest BCUT2D eigenvalue weighted by molar-refractivity contribution is 0.112. The normalized spacial score (nSPS) is 20.5. The van der Waals surface area contributed by atoms with E-state index in [-0.39, 0.29) is 6.04 Å². The Balaban J connectivity index is 2.44. The standard InChI is InChI=1S/C11H13NO2/c1-8-10-6-9(7-13)2-3-11(10)14-5-4-12-8/h2-3,6-8,12H,4-5H2,1H3. The molecule has 0 bridgehead atoms. The molecule has 1 aromatic rings. The number of nitrogens with one attached hydrogen (secondary N) is 1. The number of hydrogen-bond donors (Lipinski definition) is 1. The molecule has 3 heteroatoms. The fourth-order valence-corrected chi connectivity index (χ4v) is 1.66. The summed E-state index contributed by atoms with van der Waals surface area (Å²) in [5.74, 6) is 0.883. The van der Waals surface area contributed by atoms with Crippen LogP contribution in [0.15, 0.2) is 18.2 Å². The van der Waals surface area contributed by atoms with Crippen molar-refractivity contribution >= 4 is 6.29 Å². The summed E-state index contributed by atoms with van der Waals surface area (Å²) in [4.78, 5) is 10.6. The van der Waals surface area contributed by atoms with Gasteiger partial charge in [-0.15, -0.1) is 0 Å². The monoisotopic (exact) mass is 191 g/mol. The van der Waals surface area contributed by atoms with E-state index in [4.69, 9.17) is 4.74 Å². The van der Waals surface area contributed by atoms with Crippen molar-refractivity contribution < 1.29 is 9.53 Å². The highest BCUT2D eigenvalue weighted by Gasteiger charge is 2.15. The third kappa shape index (κ3) is 1.63. The van der Waals surface area contributed by atoms with Crippen LogP contribution < -0.4 is 10.1 Å². The van der Waals surface area contributed by atoms with Gasteiger partial charge in [0.1, 0.15) is 18.6 Å². The molecule has 0 saturated heterocycles. The number of benzene rings is 1. The number of hydrogen-bond acceptors (Lipinski definition) is 3. The van der Waals surface area contributed by atoms with Crippen LogP contribution >= 0.6 is 0 Å². The summed E-state index contributed by atoms with van der Waals surface area (Å²) in [6.07, 6.45) is 0.859. The van der Waals surface area contributed by atoms with Crippen LogP contribution in [0.3, 0.4) is 0 Å². The van der Waals surface area contributed by atoms with Crippen molar-refractivity contribution in [3.8, 4) is 5.75 Å². The van der Waals surface area contributed by atoms with Gasteiger partial charge < -0.3 is 10.1 Å². The highest BCUT2D eigenvalue weighted by Crippen LogP contribution is 2.27. The lowest BCUT2D eigenvalue weighted by atomic mass is 10.0. The lowest BCUT2D eigenvalue weighted by Gasteiger charge is -2.12. The molecule has 0 aliphatic carbocycles. The molecule has 74 valence electrons. The third-order valence-corrected chi connectivity index (χ3v) is 2.45. The highest BCUT2D eigenvalue weighted by atomic mass is 16.5. The summed E-state index contributed by atoms with van der Waals surface area (Å²) in [6, 6.07) is 5.77. The minimum absolute atomic E-state index is 0.243. The van der Waals surface area contributed by atoms with Gasteiger partial charge in [0.05, 0.1) is 0 Å². The van der Waals surface area contributed by atoms with Crippen LogP contribution in [-0.4, -0.2) is 19.4 Å². The van der Waals surface area contributed by atoms with Crippen molar-refractivity contribution in [1.29, 1.82) is 0 Å². The largest absolute Gasteiger partial charge is 0.492 e. The Labute approximate surface area is 83.1 Å². The molecule has 1 aliphatic rings. The van der Waals surface area contributed by atoms with Crippen molar-refractivity contribution in [3.63, 3.8) is 0 Å². The number of rotatable bonds is 1. The molecule has 0 amide bonds. The summed E-state index contributed by atoms with van der Waals surface area (Å²) in [7, 11) is 0. The Hall–Kier alpha value is -1.35. The second-order valence-corrected chi connectivity index (χ2v) is 3.44. The Morgan fingerprint density at radius 1 is 1.57 bits per heavy atom. The first-order chi connectivity index (χ1) is 6.81. The van der Waals surface area contributed by atoms with Gasteiger partial charge in [-0.25, -0.2) is 0 Å². The van der Waals surface area contributed by atoms with Gasteiger partial charge in [-0.2, -0.15) is 0 Å². The number of carbonyl (C=O) groups excluding carboxylic acids is 1. The zero-order valence-corrected chi connectivity index (χ0v) is 8.12. The van der Waals surface area contributed by atoms with E-state index in [2.05, 4.69) is 12.2 Å². The molecule has 14 heavy (non-hydrogen) atoms. The molecule has 1 unspecified atom stereocenters. The Bertz CT molecular complexity index is 349. The van der Waals surface area contributed by atoms with Gasteiger partial charge in [-0.05, 0) is 25.1 Å². The average molecular weight is 191 g/mol. The second-order valence-electron chi connectivity index (χ2n) is 3.44. The Morgan fingerprint density at radius 2 is 2.43 bits per heavy atom. The quantitative estimate of drug-likeness (QED) is 0.684. The van der Waals surface area contributed by atoms with E-state index in [1.807, 2.05) is 12.1 Å². The van der Waals surface area contributed by atoms with Crippen LogP contribution in [-0.2, 0) is 0 Å². The number of ether oxygens (including phenoxy) is 1. The van der Waals surface area contributed by atoms with Gasteiger partial charge in [0.2, 0.25) is 0 Å². The van der Waals surface area contributed by atoms with Crippen molar-refractivity contribution in [3.05, 3.63) is 29.3 Å². The van der Waals surface area contributed by atoms with Crippen LogP contribution in [0.4, 0.5) is 0 Å². The molecule has 2 rings (SSSR count). The van der Waals surface area contributed by atoms with E-state index in [1.165, 1.54) is 0 Å². The fourth-order valence-electron chi connectivity index (χ4n) is 1.66. The molecule has 3 nitrogen and oxygen atoms in total. The van der Waals surface area contributed by atoms with Crippen molar-refractivity contribution in [1.82, 2.24) is 5.32 Å². The molecule has 1 atom stereocenters. The maximum Gasteiger partial charge on any atom is 0.150 e. The summed E-state index contributed by atoms with van der Waals surface area (Å²) < 4.78 is 5.54. The first kappa shape index (κ1) is 9.21. The number of carbonyl (C=O) groups is 1. The Kier molecular flexibility index (Phi) is 2.50. The van der Waals surface area contributed by atoms with E-state index in [1.54, 1.807) is 6.07 Å².